The number of amides is 2. The van der Waals surface area contributed by atoms with Gasteiger partial charge < -0.3 is 15.0 Å². The summed E-state index contributed by atoms with van der Waals surface area (Å²) in [7, 11) is 1.64. The molecular formula is C24H26N4O3. The van der Waals surface area contributed by atoms with Crippen LogP contribution in [0.25, 0.3) is 10.9 Å². The number of nitrogens with zero attached hydrogens (tertiary/aromatic N) is 3. The van der Waals surface area contributed by atoms with Crippen LogP contribution in [-0.2, 0) is 11.2 Å². The summed E-state index contributed by atoms with van der Waals surface area (Å²) in [4.78, 5) is 35.4. The van der Waals surface area contributed by atoms with Gasteiger partial charge in [-0.05, 0) is 54.8 Å². The molecule has 1 atom stereocenters. The van der Waals surface area contributed by atoms with Crippen LogP contribution in [0.1, 0.15) is 35.9 Å². The summed E-state index contributed by atoms with van der Waals surface area (Å²) in [6.07, 6.45) is 3.93. The lowest BCUT2D eigenvalue weighted by atomic mass is 10.0. The summed E-state index contributed by atoms with van der Waals surface area (Å²) in [5.41, 5.74) is 2.23. The first-order chi connectivity index (χ1) is 15.1. The minimum absolute atomic E-state index is 0.0161. The number of methoxy groups -OCH3 is 1. The van der Waals surface area contributed by atoms with Crippen LogP contribution >= 0.6 is 0 Å². The molecule has 0 bridgehead atoms. The Bertz CT molecular complexity index is 1100. The van der Waals surface area contributed by atoms with E-state index in [0.717, 1.165) is 41.9 Å². The number of rotatable bonds is 6. The highest BCUT2D eigenvalue weighted by Crippen LogP contribution is 2.24. The number of anilines is 1. The largest absolute Gasteiger partial charge is 0.497 e. The number of hydrogen-bond acceptors (Lipinski definition) is 5. The van der Waals surface area contributed by atoms with Crippen molar-refractivity contribution in [2.75, 3.05) is 25.5 Å². The van der Waals surface area contributed by atoms with Crippen molar-refractivity contribution in [1.82, 2.24) is 14.9 Å². The van der Waals surface area contributed by atoms with Crippen LogP contribution in [0.4, 0.5) is 5.69 Å². The Morgan fingerprint density at radius 3 is 2.74 bits per heavy atom. The summed E-state index contributed by atoms with van der Waals surface area (Å²) in [5.74, 6) is 1.89. The molecular weight excluding hydrogens is 392 g/mol. The van der Waals surface area contributed by atoms with Gasteiger partial charge in [-0.2, -0.15) is 0 Å². The highest BCUT2D eigenvalue weighted by Gasteiger charge is 2.27. The molecule has 1 aliphatic heterocycles. The smallest absolute Gasteiger partial charge is 0.253 e. The summed E-state index contributed by atoms with van der Waals surface area (Å²) >= 11 is 0. The van der Waals surface area contributed by atoms with E-state index in [2.05, 4.69) is 15.3 Å². The molecule has 7 nitrogen and oxygen atoms in total. The maximum Gasteiger partial charge on any atom is 0.253 e. The standard InChI is InChI=1S/C24H26N4O3/c1-3-23(29)26-19-6-4-17(5-7-19)24(30)28-11-10-16(15-28)12-22-25-14-18-13-20(31-2)8-9-21(18)27-22/h4-9,13-14,16H,3,10-12,15H2,1-2H3,(H,26,29)/t16-/m0/s1. The zero-order chi connectivity index (χ0) is 21.8. The van der Waals surface area contributed by atoms with Crippen LogP contribution in [0, 0.1) is 5.92 Å². The molecule has 0 aliphatic carbocycles. The predicted molar refractivity (Wildman–Crippen MR) is 119 cm³/mol. The van der Waals surface area contributed by atoms with E-state index in [0.29, 0.717) is 30.1 Å². The molecule has 1 fully saturated rings. The molecule has 0 saturated carbocycles. The number of ether oxygens (including phenoxy) is 1. The van der Waals surface area contributed by atoms with Crippen molar-refractivity contribution in [3.8, 4) is 5.75 Å². The zero-order valence-electron chi connectivity index (χ0n) is 17.8. The van der Waals surface area contributed by atoms with Crippen molar-refractivity contribution in [2.45, 2.75) is 26.2 Å². The van der Waals surface area contributed by atoms with Crippen LogP contribution < -0.4 is 10.1 Å². The lowest BCUT2D eigenvalue weighted by Crippen LogP contribution is -2.29. The number of benzene rings is 2. The van der Waals surface area contributed by atoms with Gasteiger partial charge in [0.15, 0.2) is 0 Å². The lowest BCUT2D eigenvalue weighted by molar-refractivity contribution is -0.115. The Morgan fingerprint density at radius 2 is 2.00 bits per heavy atom. The third-order valence-electron chi connectivity index (χ3n) is 5.62. The van der Waals surface area contributed by atoms with Crippen LogP contribution in [0.2, 0.25) is 0 Å². The minimum Gasteiger partial charge on any atom is -0.497 e. The number of aromatic nitrogens is 2. The Balaban J connectivity index is 1.37. The fourth-order valence-electron chi connectivity index (χ4n) is 3.85. The van der Waals surface area contributed by atoms with Gasteiger partial charge >= 0.3 is 0 Å². The molecule has 2 heterocycles. The van der Waals surface area contributed by atoms with E-state index >= 15 is 0 Å². The molecule has 1 aliphatic rings. The number of likely N-dealkylation sites (tertiary alicyclic amines) is 1. The third-order valence-corrected chi connectivity index (χ3v) is 5.62. The highest BCUT2D eigenvalue weighted by molar-refractivity contribution is 5.96. The van der Waals surface area contributed by atoms with E-state index < -0.39 is 0 Å². The molecule has 7 heteroatoms. The predicted octanol–water partition coefficient (Wildman–Crippen LogP) is 3.69. The van der Waals surface area contributed by atoms with Crippen LogP contribution in [-0.4, -0.2) is 46.9 Å². The van der Waals surface area contributed by atoms with Crippen LogP contribution in [0.5, 0.6) is 5.75 Å². The van der Waals surface area contributed by atoms with Crippen molar-refractivity contribution < 1.29 is 14.3 Å². The quantitative estimate of drug-likeness (QED) is 0.660. The Labute approximate surface area is 181 Å². The maximum absolute atomic E-state index is 12.9. The van der Waals surface area contributed by atoms with Gasteiger partial charge in [-0.25, -0.2) is 9.97 Å². The molecule has 3 aromatic rings. The van der Waals surface area contributed by atoms with Gasteiger partial charge in [0.05, 0.1) is 12.6 Å². The zero-order valence-corrected chi connectivity index (χ0v) is 17.8. The maximum atomic E-state index is 12.9. The molecule has 1 saturated heterocycles. The summed E-state index contributed by atoms with van der Waals surface area (Å²) in [5, 5.41) is 3.74. The first kappa shape index (κ1) is 20.8. The second-order valence-electron chi connectivity index (χ2n) is 7.80. The normalized spacial score (nSPS) is 15.8. The van der Waals surface area contributed by atoms with Gasteiger partial charge in [-0.1, -0.05) is 6.92 Å². The van der Waals surface area contributed by atoms with Gasteiger partial charge in [0.25, 0.3) is 5.91 Å². The number of carbonyl (C=O) groups excluding carboxylic acids is 2. The van der Waals surface area contributed by atoms with Gasteiger partial charge in [0.2, 0.25) is 5.91 Å². The molecule has 1 N–H and O–H groups in total. The number of hydrogen-bond donors (Lipinski definition) is 1. The molecule has 2 amide bonds. The number of nitrogens with one attached hydrogen (secondary N) is 1. The van der Waals surface area contributed by atoms with Crippen molar-refractivity contribution >= 4 is 28.4 Å². The molecule has 31 heavy (non-hydrogen) atoms. The van der Waals surface area contributed by atoms with Crippen molar-refractivity contribution in [1.29, 1.82) is 0 Å². The summed E-state index contributed by atoms with van der Waals surface area (Å²) in [6, 6.07) is 12.8. The lowest BCUT2D eigenvalue weighted by Gasteiger charge is -2.17. The van der Waals surface area contributed by atoms with Crippen molar-refractivity contribution in [3.63, 3.8) is 0 Å². The number of fused-ring (bicyclic) bond motifs is 1. The second kappa shape index (κ2) is 9.12. The van der Waals surface area contributed by atoms with E-state index in [1.165, 1.54) is 0 Å². The molecule has 4 rings (SSSR count). The Morgan fingerprint density at radius 1 is 1.19 bits per heavy atom. The summed E-state index contributed by atoms with van der Waals surface area (Å²) < 4.78 is 5.25. The third kappa shape index (κ3) is 4.82. The molecule has 0 spiro atoms. The summed E-state index contributed by atoms with van der Waals surface area (Å²) in [6.45, 7) is 3.22. The monoisotopic (exact) mass is 418 g/mol. The fraction of sp³-hybridized carbons (Fsp3) is 0.333. The second-order valence-corrected chi connectivity index (χ2v) is 7.80. The molecule has 0 unspecified atom stereocenters. The van der Waals surface area contributed by atoms with E-state index in [-0.39, 0.29) is 11.8 Å². The fourth-order valence-corrected chi connectivity index (χ4v) is 3.85. The highest BCUT2D eigenvalue weighted by atomic mass is 16.5. The van der Waals surface area contributed by atoms with Crippen LogP contribution in [0.3, 0.4) is 0 Å². The van der Waals surface area contributed by atoms with Crippen molar-refractivity contribution in [2.24, 2.45) is 5.92 Å². The molecule has 160 valence electrons. The van der Waals surface area contributed by atoms with Crippen LogP contribution in [0.15, 0.2) is 48.7 Å². The van der Waals surface area contributed by atoms with Gasteiger partial charge in [-0.15, -0.1) is 0 Å². The number of carbonyl (C=O) groups is 2. The molecule has 1 aromatic heterocycles. The minimum atomic E-state index is -0.0449. The average Bonchev–Trinajstić information content (AvgIpc) is 3.27. The molecule has 2 aromatic carbocycles. The van der Waals surface area contributed by atoms with E-state index in [4.69, 9.17) is 4.74 Å². The van der Waals surface area contributed by atoms with Gasteiger partial charge in [0.1, 0.15) is 11.6 Å². The average molecular weight is 418 g/mol. The van der Waals surface area contributed by atoms with E-state index in [1.54, 1.807) is 38.3 Å². The van der Waals surface area contributed by atoms with E-state index in [1.807, 2.05) is 29.3 Å². The topological polar surface area (TPSA) is 84.4 Å². The van der Waals surface area contributed by atoms with Gasteiger partial charge in [-0.3, -0.25) is 9.59 Å². The first-order valence-electron chi connectivity index (χ1n) is 10.5. The van der Waals surface area contributed by atoms with Gasteiger partial charge in [0, 0.05) is 48.8 Å². The SMILES string of the molecule is CCC(=O)Nc1ccc(C(=O)N2CC[C@@H](Cc3ncc4cc(OC)ccc4n3)C2)cc1. The Hall–Kier alpha value is -3.48. The van der Waals surface area contributed by atoms with E-state index in [9.17, 15) is 9.59 Å². The molecule has 0 radical (unpaired) electrons. The Kier molecular flexibility index (Phi) is 6.11. The van der Waals surface area contributed by atoms with Crippen molar-refractivity contribution in [3.05, 3.63) is 60.0 Å². The first-order valence-corrected chi connectivity index (χ1v) is 10.5.